The van der Waals surface area contributed by atoms with E-state index < -0.39 is 11.9 Å². The first-order chi connectivity index (χ1) is 12.8. The number of aliphatic carboxylic acids is 1. The van der Waals surface area contributed by atoms with E-state index in [4.69, 9.17) is 0 Å². The lowest BCUT2D eigenvalue weighted by atomic mass is 9.85. The maximum Gasteiger partial charge on any atom is 0.323 e. The summed E-state index contributed by atoms with van der Waals surface area (Å²) in [4.78, 5) is 25.4. The largest absolute Gasteiger partial charge is 0.481 e. The Balaban J connectivity index is 1.70. The van der Waals surface area contributed by atoms with Crippen LogP contribution >= 0.6 is 11.3 Å². The molecule has 2 atom stereocenters. The molecule has 1 aliphatic rings. The molecule has 1 saturated heterocycles. The van der Waals surface area contributed by atoms with Gasteiger partial charge in [0, 0.05) is 18.5 Å². The number of piperidine rings is 1. The van der Waals surface area contributed by atoms with Crippen molar-refractivity contribution in [3.63, 3.8) is 0 Å². The second kappa shape index (κ2) is 7.64. The average Bonchev–Trinajstić information content (AvgIpc) is 3.11. The molecule has 2 aromatic rings. The summed E-state index contributed by atoms with van der Waals surface area (Å²) in [7, 11) is 0. The first-order valence-corrected chi connectivity index (χ1v) is 9.77. The Kier molecular flexibility index (Phi) is 5.46. The van der Waals surface area contributed by atoms with E-state index in [2.05, 4.69) is 29.4 Å². The third kappa shape index (κ3) is 4.27. The minimum atomic E-state index is -0.859. The maximum absolute atomic E-state index is 12.6. The highest BCUT2D eigenvalue weighted by atomic mass is 32.1. The SMILES string of the molecule is CC1CC(C(=O)O)CN(C(=O)Nc2nnc(C(C)(C)c3ccccc3)s2)C1. The number of urea groups is 1. The molecule has 1 fully saturated rings. The fourth-order valence-corrected chi connectivity index (χ4v) is 4.23. The summed E-state index contributed by atoms with van der Waals surface area (Å²) in [6.45, 7) is 6.85. The Hall–Kier alpha value is -2.48. The number of nitrogens with zero attached hydrogens (tertiary/aromatic N) is 3. The number of likely N-dealkylation sites (tertiary alicyclic amines) is 1. The Bertz CT molecular complexity index is 821. The van der Waals surface area contributed by atoms with Gasteiger partial charge in [-0.2, -0.15) is 0 Å². The summed E-state index contributed by atoms with van der Waals surface area (Å²) in [6, 6.07) is 9.69. The van der Waals surface area contributed by atoms with Crippen molar-refractivity contribution in [1.29, 1.82) is 0 Å². The van der Waals surface area contributed by atoms with Crippen molar-refractivity contribution >= 4 is 28.5 Å². The van der Waals surface area contributed by atoms with E-state index in [0.717, 1.165) is 10.6 Å². The third-order valence-corrected chi connectivity index (χ3v) is 6.13. The number of rotatable bonds is 4. The lowest BCUT2D eigenvalue weighted by Gasteiger charge is -2.34. The van der Waals surface area contributed by atoms with Crippen molar-refractivity contribution in [3.8, 4) is 0 Å². The lowest BCUT2D eigenvalue weighted by Crippen LogP contribution is -2.47. The van der Waals surface area contributed by atoms with Crippen LogP contribution in [0.2, 0.25) is 0 Å². The van der Waals surface area contributed by atoms with E-state index in [1.807, 2.05) is 37.3 Å². The van der Waals surface area contributed by atoms with E-state index in [9.17, 15) is 14.7 Å². The van der Waals surface area contributed by atoms with E-state index in [0.29, 0.717) is 18.1 Å². The molecule has 144 valence electrons. The van der Waals surface area contributed by atoms with E-state index in [1.165, 1.54) is 11.3 Å². The fourth-order valence-electron chi connectivity index (χ4n) is 3.37. The highest BCUT2D eigenvalue weighted by Gasteiger charge is 2.33. The second-order valence-electron chi connectivity index (χ2n) is 7.61. The van der Waals surface area contributed by atoms with Gasteiger partial charge in [-0.1, -0.05) is 48.6 Å². The molecule has 2 unspecified atom stereocenters. The van der Waals surface area contributed by atoms with Crippen LogP contribution in [0.25, 0.3) is 0 Å². The van der Waals surface area contributed by atoms with Gasteiger partial charge in [0.2, 0.25) is 5.13 Å². The van der Waals surface area contributed by atoms with Crippen molar-refractivity contribution in [1.82, 2.24) is 15.1 Å². The Labute approximate surface area is 162 Å². The summed E-state index contributed by atoms with van der Waals surface area (Å²) in [5.74, 6) is -1.24. The van der Waals surface area contributed by atoms with Crippen molar-refractivity contribution in [2.75, 3.05) is 18.4 Å². The van der Waals surface area contributed by atoms with Gasteiger partial charge in [-0.3, -0.25) is 10.1 Å². The average molecular weight is 388 g/mol. The minimum absolute atomic E-state index is 0.146. The number of carboxylic acid groups (broad SMARTS) is 1. The number of hydrogen-bond acceptors (Lipinski definition) is 5. The number of carbonyl (C=O) groups excluding carboxylic acids is 1. The fraction of sp³-hybridized carbons (Fsp3) is 0.474. The molecular formula is C19H24N4O3S. The van der Waals surface area contributed by atoms with Crippen molar-refractivity contribution < 1.29 is 14.7 Å². The zero-order valence-electron chi connectivity index (χ0n) is 15.7. The van der Waals surface area contributed by atoms with Gasteiger partial charge in [0.15, 0.2) is 0 Å². The van der Waals surface area contributed by atoms with Gasteiger partial charge in [0.1, 0.15) is 5.01 Å². The Morgan fingerprint density at radius 1 is 1.22 bits per heavy atom. The minimum Gasteiger partial charge on any atom is -0.481 e. The predicted molar refractivity (Wildman–Crippen MR) is 104 cm³/mol. The highest BCUT2D eigenvalue weighted by Crippen LogP contribution is 2.34. The van der Waals surface area contributed by atoms with Crippen molar-refractivity contribution in [2.45, 2.75) is 32.6 Å². The molecule has 3 rings (SSSR count). The van der Waals surface area contributed by atoms with Crippen LogP contribution in [0.5, 0.6) is 0 Å². The van der Waals surface area contributed by atoms with E-state index in [-0.39, 0.29) is 23.9 Å². The molecule has 7 nitrogen and oxygen atoms in total. The highest BCUT2D eigenvalue weighted by molar-refractivity contribution is 7.15. The number of hydrogen-bond donors (Lipinski definition) is 2. The zero-order chi connectivity index (χ0) is 19.6. The molecule has 8 heteroatoms. The molecule has 0 saturated carbocycles. The standard InChI is InChI=1S/C19H24N4O3S/c1-12-9-13(15(24)25)11-23(10-12)18(26)20-17-22-21-16(27-17)19(2,3)14-7-5-4-6-8-14/h4-8,12-13H,9-11H2,1-3H3,(H,24,25)(H,20,22,26). The van der Waals surface area contributed by atoms with Gasteiger partial charge in [0.05, 0.1) is 5.92 Å². The number of benzene rings is 1. The normalized spacial score (nSPS) is 20.3. The van der Waals surface area contributed by atoms with Crippen LogP contribution in [0.1, 0.15) is 37.8 Å². The van der Waals surface area contributed by atoms with Gasteiger partial charge in [-0.25, -0.2) is 4.79 Å². The number of carboxylic acids is 1. The second-order valence-corrected chi connectivity index (χ2v) is 8.59. The lowest BCUT2D eigenvalue weighted by molar-refractivity contribution is -0.143. The molecule has 0 bridgehead atoms. The van der Waals surface area contributed by atoms with Crippen LogP contribution in [0.3, 0.4) is 0 Å². The summed E-state index contributed by atoms with van der Waals surface area (Å²) < 4.78 is 0. The van der Waals surface area contributed by atoms with Crippen LogP contribution in [0.4, 0.5) is 9.93 Å². The molecule has 1 aliphatic heterocycles. The number of amides is 2. The number of aromatic nitrogens is 2. The van der Waals surface area contributed by atoms with Gasteiger partial charge in [0.25, 0.3) is 0 Å². The Morgan fingerprint density at radius 3 is 2.59 bits per heavy atom. The first-order valence-electron chi connectivity index (χ1n) is 8.95. The van der Waals surface area contributed by atoms with Gasteiger partial charge < -0.3 is 10.0 Å². The molecule has 1 aromatic carbocycles. The smallest absolute Gasteiger partial charge is 0.323 e. The Morgan fingerprint density at radius 2 is 1.93 bits per heavy atom. The monoisotopic (exact) mass is 388 g/mol. The molecule has 2 heterocycles. The summed E-state index contributed by atoms with van der Waals surface area (Å²) in [6.07, 6.45) is 0.591. The van der Waals surface area contributed by atoms with Gasteiger partial charge in [-0.15, -0.1) is 10.2 Å². The molecular weight excluding hydrogens is 364 g/mol. The quantitative estimate of drug-likeness (QED) is 0.836. The molecule has 0 aliphatic carbocycles. The van der Waals surface area contributed by atoms with Crippen LogP contribution in [-0.2, 0) is 10.2 Å². The van der Waals surface area contributed by atoms with Gasteiger partial charge in [-0.05, 0) is 31.7 Å². The number of carbonyl (C=O) groups is 2. The molecule has 0 radical (unpaired) electrons. The molecule has 2 N–H and O–H groups in total. The first kappa shape index (κ1) is 19.3. The van der Waals surface area contributed by atoms with Gasteiger partial charge >= 0.3 is 12.0 Å². The van der Waals surface area contributed by atoms with E-state index in [1.54, 1.807) is 4.90 Å². The molecule has 27 heavy (non-hydrogen) atoms. The summed E-state index contributed by atoms with van der Waals surface area (Å²) >= 11 is 1.34. The van der Waals surface area contributed by atoms with Crippen LogP contribution in [-0.4, -0.2) is 45.3 Å². The third-order valence-electron chi connectivity index (χ3n) is 4.97. The van der Waals surface area contributed by atoms with Crippen LogP contribution in [0, 0.1) is 11.8 Å². The summed E-state index contributed by atoms with van der Waals surface area (Å²) in [5, 5.41) is 21.6. The molecule has 2 amide bonds. The van der Waals surface area contributed by atoms with Crippen LogP contribution in [0.15, 0.2) is 30.3 Å². The van der Waals surface area contributed by atoms with E-state index >= 15 is 0 Å². The summed E-state index contributed by atoms with van der Waals surface area (Å²) in [5.41, 5.74) is 0.795. The zero-order valence-corrected chi connectivity index (χ0v) is 16.5. The van der Waals surface area contributed by atoms with Crippen molar-refractivity contribution in [2.24, 2.45) is 11.8 Å². The number of anilines is 1. The molecule has 1 aromatic heterocycles. The van der Waals surface area contributed by atoms with Crippen LogP contribution < -0.4 is 5.32 Å². The maximum atomic E-state index is 12.6. The van der Waals surface area contributed by atoms with Crippen molar-refractivity contribution in [3.05, 3.63) is 40.9 Å². The topological polar surface area (TPSA) is 95.4 Å². The molecule has 0 spiro atoms. The number of nitrogens with one attached hydrogen (secondary N) is 1. The predicted octanol–water partition coefficient (Wildman–Crippen LogP) is 3.44.